The van der Waals surface area contributed by atoms with Gasteiger partial charge in [0.25, 0.3) is 0 Å². The Hall–Kier alpha value is -9.36. The highest BCUT2D eigenvalue weighted by Crippen LogP contribution is 2.23. The van der Waals surface area contributed by atoms with E-state index in [2.05, 4.69) is 86.1 Å². The molecule has 1 aromatic heterocycles. The molecule has 1 aliphatic heterocycles. The number of thiol groups is 1. The molecular formula is C68H114N20O16S. The molecule has 0 spiro atoms. The van der Waals surface area contributed by atoms with Gasteiger partial charge in [0.05, 0.1) is 13.2 Å². The van der Waals surface area contributed by atoms with Crippen LogP contribution in [-0.4, -0.2) is 232 Å². The number of aliphatic hydroxyl groups is 2. The summed E-state index contributed by atoms with van der Waals surface area (Å²) in [5, 5.41) is 59.1. The fourth-order valence-corrected chi connectivity index (χ4v) is 11.9. The number of aromatic nitrogens is 1. The number of carbonyl (C=O) groups excluding carboxylic acids is 12. The number of hydrogen-bond donors (Lipinski definition) is 21. The number of likely N-dealkylation sites (tertiary alicyclic amines) is 1. The summed E-state index contributed by atoms with van der Waals surface area (Å²) < 4.78 is 0. The normalized spacial score (nSPS) is 16.2. The monoisotopic (exact) mass is 1500 g/mol. The Bertz CT molecular complexity index is 3310. The number of carbonyl (C=O) groups is 13. The minimum Gasteiger partial charge on any atom is -0.480 e. The molecule has 105 heavy (non-hydrogen) atoms. The lowest BCUT2D eigenvalue weighted by molar-refractivity contribution is -0.144. The van der Waals surface area contributed by atoms with E-state index >= 15 is 0 Å². The number of para-hydroxylation sites is 1. The quantitative estimate of drug-likeness (QED) is 0.0130. The average molecular weight is 1500 g/mol. The van der Waals surface area contributed by atoms with E-state index in [4.69, 9.17) is 28.7 Å². The summed E-state index contributed by atoms with van der Waals surface area (Å²) in [6.45, 7) is 13.5. The number of fused-ring (bicyclic) bond motifs is 1. The number of nitrogens with one attached hydrogen (secondary N) is 12. The SMILES string of the molecule is CC[C@@H](C)[C@@H](NC(C)=O)C(=O)N[C@@H](CC(C)C)C(=O)N[C@@H](CCCN=C(N)N)C(=O)N[C@@H](Cc1c[nH]c2ccccc12)C(=O)N[C@@H](CO)C(=O)N[C@@H](CCCN=C(N)N)C(=O)N[C@@H](CCCCN)C(=O)N[C@@H](CC(C)C)C(=O)N1CCC[C@H]1C(=O)N[C@@H](CS)C(=O)N[C@H](C(=O)N[C@@H](CO)C(=O)O)C(C)C. The second kappa shape index (κ2) is 45.8. The van der Waals surface area contributed by atoms with E-state index in [1.54, 1.807) is 65.1 Å². The molecule has 2 aromatic rings. The standard InChI is InChI=1S/C68H114N20O16S/c1-10-38(8)54(77-39(9)91)64(101)82-46(28-35(2)3)58(95)79-45(22-16-26-75-68(72)73)56(93)81-47(30-40-31-76-42-19-12-11-18-41(40)42)59(96)84-49(32-89)60(97)80-44(21-15-25-74-67(70)71)55(92)78-43(20-13-14-24-69)57(94)83-48(29-36(4)5)65(102)88-27-17-23-52(88)62(99)86-51(34-105)61(98)87-53(37(6)7)63(100)85-50(33-90)66(103)104/h11-12,18-19,31,35-38,43-54,76,89-90,105H,10,13-17,20-30,32-34,69H2,1-9H3,(H,77,91)(H,78,92)(H,79,95)(H,80,97)(H,81,93)(H,82,101)(H,83,94)(H,84,96)(H,85,100)(H,86,99)(H,87,98)(H,103,104)(H4,70,71,74)(H4,72,73,75)/t38-,43+,44+,45+,46+,47+,48+,49+,50+,51+,52+,53+,54-/m1/s1. The van der Waals surface area contributed by atoms with Crippen LogP contribution in [0.15, 0.2) is 40.4 Å². The number of nitrogens with two attached hydrogens (primary N) is 5. The maximum atomic E-state index is 14.8. The predicted octanol–water partition coefficient (Wildman–Crippen LogP) is -3.92. The third kappa shape index (κ3) is 30.3. The van der Waals surface area contributed by atoms with Crippen molar-refractivity contribution in [3.8, 4) is 0 Å². The highest BCUT2D eigenvalue weighted by Gasteiger charge is 2.42. The lowest BCUT2D eigenvalue weighted by Gasteiger charge is -2.32. The van der Waals surface area contributed by atoms with Gasteiger partial charge in [0, 0.05) is 55.8 Å². The van der Waals surface area contributed by atoms with Crippen molar-refractivity contribution >= 4 is 112 Å². The first-order valence-electron chi connectivity index (χ1n) is 35.6. The molecular weight excluding hydrogens is 1380 g/mol. The Kier molecular flexibility index (Phi) is 39.2. The number of benzene rings is 1. The fraction of sp³-hybridized carbons (Fsp3) is 0.662. The van der Waals surface area contributed by atoms with Gasteiger partial charge < -0.3 is 112 Å². The molecule has 588 valence electrons. The number of rotatable bonds is 47. The number of nitrogens with zero attached hydrogens (tertiary/aromatic N) is 3. The van der Waals surface area contributed by atoms with Crippen molar-refractivity contribution < 1.29 is 77.6 Å². The first kappa shape index (κ1) is 89.9. The van der Waals surface area contributed by atoms with E-state index in [9.17, 15) is 77.6 Å². The number of carboxylic acids is 1. The van der Waals surface area contributed by atoms with Crippen LogP contribution in [0.5, 0.6) is 0 Å². The number of aliphatic imine (C=N–C) groups is 2. The van der Waals surface area contributed by atoms with E-state index in [1.165, 1.54) is 11.8 Å². The highest BCUT2D eigenvalue weighted by atomic mass is 32.1. The van der Waals surface area contributed by atoms with Crippen molar-refractivity contribution in [3.63, 3.8) is 0 Å². The fourth-order valence-electron chi connectivity index (χ4n) is 11.6. The van der Waals surface area contributed by atoms with Crippen molar-refractivity contribution in [1.29, 1.82) is 0 Å². The number of aliphatic hydroxyl groups excluding tert-OH is 2. The largest absolute Gasteiger partial charge is 0.480 e. The van der Waals surface area contributed by atoms with Gasteiger partial charge in [-0.05, 0) is 112 Å². The molecule has 25 N–H and O–H groups in total. The third-order valence-corrected chi connectivity index (χ3v) is 17.9. The Morgan fingerprint density at radius 1 is 0.562 bits per heavy atom. The number of aromatic amines is 1. The minimum atomic E-state index is -1.83. The molecule has 1 aromatic carbocycles. The van der Waals surface area contributed by atoms with Crippen molar-refractivity contribution in [2.45, 2.75) is 218 Å². The van der Waals surface area contributed by atoms with Crippen LogP contribution >= 0.6 is 12.6 Å². The van der Waals surface area contributed by atoms with Crippen molar-refractivity contribution in [2.75, 3.05) is 45.1 Å². The smallest absolute Gasteiger partial charge is 0.328 e. The number of unbranched alkanes of at least 4 members (excludes halogenated alkanes) is 1. The first-order chi connectivity index (χ1) is 49.6. The summed E-state index contributed by atoms with van der Waals surface area (Å²) in [5.41, 5.74) is 29.5. The van der Waals surface area contributed by atoms with E-state index in [-0.39, 0.29) is 126 Å². The van der Waals surface area contributed by atoms with Crippen LogP contribution in [0.1, 0.15) is 145 Å². The van der Waals surface area contributed by atoms with Crippen LogP contribution in [0.3, 0.4) is 0 Å². The van der Waals surface area contributed by atoms with Gasteiger partial charge in [0.15, 0.2) is 11.9 Å². The van der Waals surface area contributed by atoms with Gasteiger partial charge in [-0.15, -0.1) is 0 Å². The van der Waals surface area contributed by atoms with Crippen LogP contribution < -0.4 is 87.2 Å². The number of amides is 12. The molecule has 36 nitrogen and oxygen atoms in total. The van der Waals surface area contributed by atoms with Crippen molar-refractivity contribution in [3.05, 3.63) is 36.0 Å². The van der Waals surface area contributed by atoms with Crippen LogP contribution in [0.4, 0.5) is 0 Å². The van der Waals surface area contributed by atoms with Crippen LogP contribution in [0.25, 0.3) is 10.9 Å². The molecule has 1 saturated heterocycles. The van der Waals surface area contributed by atoms with Crippen LogP contribution in [0.2, 0.25) is 0 Å². The molecule has 2 heterocycles. The molecule has 3 rings (SSSR count). The van der Waals surface area contributed by atoms with Gasteiger partial charge in [0.1, 0.15) is 72.5 Å². The molecule has 37 heteroatoms. The van der Waals surface area contributed by atoms with Crippen LogP contribution in [-0.2, 0) is 68.7 Å². The van der Waals surface area contributed by atoms with E-state index < -0.39 is 168 Å². The molecule has 0 saturated carbocycles. The zero-order valence-corrected chi connectivity index (χ0v) is 62.5. The van der Waals surface area contributed by atoms with E-state index in [0.717, 1.165) is 0 Å². The van der Waals surface area contributed by atoms with E-state index in [1.807, 2.05) is 20.8 Å². The predicted molar refractivity (Wildman–Crippen MR) is 395 cm³/mol. The molecule has 12 amide bonds. The topological polar surface area (TPSA) is 589 Å². The van der Waals surface area contributed by atoms with Gasteiger partial charge in [0.2, 0.25) is 70.9 Å². The number of aliphatic carboxylic acids is 1. The number of H-pyrrole nitrogens is 1. The lowest BCUT2D eigenvalue weighted by atomic mass is 9.96. The summed E-state index contributed by atoms with van der Waals surface area (Å²) in [5.74, 6) is -13.4. The highest BCUT2D eigenvalue weighted by molar-refractivity contribution is 7.80. The Labute approximate surface area is 617 Å². The second-order valence-electron chi connectivity index (χ2n) is 27.4. The molecule has 1 aliphatic rings. The lowest BCUT2D eigenvalue weighted by Crippen LogP contribution is -2.61. The number of guanidine groups is 2. The first-order valence-corrected chi connectivity index (χ1v) is 36.3. The summed E-state index contributed by atoms with van der Waals surface area (Å²) in [6, 6.07) is -9.63. The molecule has 0 unspecified atom stereocenters. The Morgan fingerprint density at radius 3 is 1.51 bits per heavy atom. The molecule has 1 fully saturated rings. The Balaban J connectivity index is 2.00. The average Bonchev–Trinajstić information content (AvgIpc) is 1.72. The van der Waals surface area contributed by atoms with Crippen molar-refractivity contribution in [1.82, 2.24) is 68.4 Å². The summed E-state index contributed by atoms with van der Waals surface area (Å²) in [7, 11) is 0. The summed E-state index contributed by atoms with van der Waals surface area (Å²) in [6.07, 6.45) is 2.99. The Morgan fingerprint density at radius 2 is 1.02 bits per heavy atom. The maximum Gasteiger partial charge on any atom is 0.328 e. The van der Waals surface area contributed by atoms with Gasteiger partial charge in [-0.2, -0.15) is 12.6 Å². The number of carboxylic acid groups (broad SMARTS) is 1. The molecule has 0 bridgehead atoms. The van der Waals surface area contributed by atoms with Crippen molar-refractivity contribution in [2.24, 2.45) is 62.3 Å². The summed E-state index contributed by atoms with van der Waals surface area (Å²) in [4.78, 5) is 193. The zero-order valence-electron chi connectivity index (χ0n) is 61.6. The van der Waals surface area contributed by atoms with E-state index in [0.29, 0.717) is 35.7 Å². The zero-order chi connectivity index (χ0) is 78.8. The molecule has 13 atom stereocenters. The summed E-state index contributed by atoms with van der Waals surface area (Å²) >= 11 is 4.26. The van der Waals surface area contributed by atoms with Gasteiger partial charge >= 0.3 is 5.97 Å². The maximum absolute atomic E-state index is 14.8. The van der Waals surface area contributed by atoms with Gasteiger partial charge in [-0.1, -0.05) is 80.0 Å². The van der Waals surface area contributed by atoms with Gasteiger partial charge in [-0.3, -0.25) is 67.5 Å². The van der Waals surface area contributed by atoms with Crippen LogP contribution in [0, 0.1) is 23.7 Å². The third-order valence-electron chi connectivity index (χ3n) is 17.5. The second-order valence-corrected chi connectivity index (χ2v) is 27.8. The number of hydrogen-bond acceptors (Lipinski definition) is 19. The minimum absolute atomic E-state index is 0.0137. The molecule has 0 radical (unpaired) electrons. The van der Waals surface area contributed by atoms with Gasteiger partial charge in [-0.25, -0.2) is 4.79 Å². The molecule has 0 aliphatic carbocycles.